The second kappa shape index (κ2) is 8.53. The van der Waals surface area contributed by atoms with Crippen molar-refractivity contribution in [2.45, 2.75) is 24.7 Å². The molecule has 0 spiro atoms. The summed E-state index contributed by atoms with van der Waals surface area (Å²) in [6.45, 7) is 1.07. The number of benzene rings is 2. The van der Waals surface area contributed by atoms with Gasteiger partial charge in [0.05, 0.1) is 24.6 Å². The van der Waals surface area contributed by atoms with Crippen molar-refractivity contribution in [3.63, 3.8) is 0 Å². The molecule has 0 saturated carbocycles. The highest BCUT2D eigenvalue weighted by Gasteiger charge is 2.44. The summed E-state index contributed by atoms with van der Waals surface area (Å²) in [4.78, 5) is 27.4. The van der Waals surface area contributed by atoms with Gasteiger partial charge in [-0.2, -0.15) is 5.10 Å². The summed E-state index contributed by atoms with van der Waals surface area (Å²) in [7, 11) is 1.43. The van der Waals surface area contributed by atoms with Crippen molar-refractivity contribution in [2.24, 2.45) is 0 Å². The molecule has 30 heavy (non-hydrogen) atoms. The standard InChI is InChI=1S/C24H25N3O3/c1-30-23(29)24(20-6-3-2-4-7-20)12-16-26(17-13-24)22(28)18-19-8-10-21(11-9-19)27-15-5-14-25-27/h2-11,14-15H,12-13,16-18H2,1H3. The molecule has 3 aromatic rings. The van der Waals surface area contributed by atoms with Crippen LogP contribution in [0.25, 0.3) is 5.69 Å². The Balaban J connectivity index is 1.42. The van der Waals surface area contributed by atoms with Crippen LogP contribution in [-0.4, -0.2) is 46.8 Å². The van der Waals surface area contributed by atoms with Crippen molar-refractivity contribution in [2.75, 3.05) is 20.2 Å². The molecule has 0 radical (unpaired) electrons. The summed E-state index contributed by atoms with van der Waals surface area (Å²) in [6.07, 6.45) is 5.09. The number of hydrogen-bond acceptors (Lipinski definition) is 4. The highest BCUT2D eigenvalue weighted by atomic mass is 16.5. The van der Waals surface area contributed by atoms with E-state index >= 15 is 0 Å². The van der Waals surface area contributed by atoms with Crippen LogP contribution in [0.2, 0.25) is 0 Å². The zero-order valence-electron chi connectivity index (χ0n) is 17.0. The first-order valence-electron chi connectivity index (χ1n) is 10.1. The fourth-order valence-electron chi connectivity index (χ4n) is 4.18. The average molecular weight is 403 g/mol. The first-order valence-corrected chi connectivity index (χ1v) is 10.1. The van der Waals surface area contributed by atoms with Crippen molar-refractivity contribution in [1.29, 1.82) is 0 Å². The first-order chi connectivity index (χ1) is 14.6. The zero-order chi connectivity index (χ0) is 21.0. The van der Waals surface area contributed by atoms with E-state index in [2.05, 4.69) is 5.10 Å². The van der Waals surface area contributed by atoms with Crippen LogP contribution in [0.1, 0.15) is 24.0 Å². The predicted molar refractivity (Wildman–Crippen MR) is 113 cm³/mol. The third-order valence-corrected chi connectivity index (χ3v) is 5.93. The van der Waals surface area contributed by atoms with Gasteiger partial charge >= 0.3 is 5.97 Å². The van der Waals surface area contributed by atoms with E-state index in [1.54, 1.807) is 10.9 Å². The Bertz CT molecular complexity index is 990. The van der Waals surface area contributed by atoms with Gasteiger partial charge in [-0.3, -0.25) is 9.59 Å². The molecule has 1 aliphatic heterocycles. The number of ether oxygens (including phenoxy) is 1. The summed E-state index contributed by atoms with van der Waals surface area (Å²) in [5.41, 5.74) is 2.19. The fourth-order valence-corrected chi connectivity index (χ4v) is 4.18. The molecule has 6 nitrogen and oxygen atoms in total. The van der Waals surface area contributed by atoms with Crippen LogP contribution in [0.5, 0.6) is 0 Å². The predicted octanol–water partition coefficient (Wildman–Crippen LogP) is 3.15. The molecule has 1 fully saturated rings. The number of likely N-dealkylation sites (tertiary alicyclic amines) is 1. The minimum atomic E-state index is -0.682. The Kier molecular flexibility index (Phi) is 5.65. The zero-order valence-corrected chi connectivity index (χ0v) is 17.0. The molecular weight excluding hydrogens is 378 g/mol. The summed E-state index contributed by atoms with van der Waals surface area (Å²) < 4.78 is 6.92. The average Bonchev–Trinajstić information content (AvgIpc) is 3.34. The molecule has 154 valence electrons. The number of nitrogens with zero attached hydrogens (tertiary/aromatic N) is 3. The molecule has 6 heteroatoms. The number of aromatic nitrogens is 2. The van der Waals surface area contributed by atoms with Crippen molar-refractivity contribution >= 4 is 11.9 Å². The van der Waals surface area contributed by atoms with E-state index in [1.807, 2.05) is 71.8 Å². The Hall–Kier alpha value is -3.41. The summed E-state index contributed by atoms with van der Waals surface area (Å²) in [6, 6.07) is 19.5. The summed E-state index contributed by atoms with van der Waals surface area (Å²) in [5, 5.41) is 4.21. The Morgan fingerprint density at radius 2 is 1.70 bits per heavy atom. The van der Waals surface area contributed by atoms with Crippen LogP contribution < -0.4 is 0 Å². The number of rotatable bonds is 5. The van der Waals surface area contributed by atoms with E-state index in [9.17, 15) is 9.59 Å². The smallest absolute Gasteiger partial charge is 0.316 e. The maximum atomic E-state index is 12.9. The molecule has 0 N–H and O–H groups in total. The first kappa shape index (κ1) is 19.9. The van der Waals surface area contributed by atoms with Crippen LogP contribution in [0, 0.1) is 0 Å². The number of carbonyl (C=O) groups excluding carboxylic acids is 2. The maximum Gasteiger partial charge on any atom is 0.316 e. The van der Waals surface area contributed by atoms with Gasteiger partial charge in [-0.25, -0.2) is 4.68 Å². The third-order valence-electron chi connectivity index (χ3n) is 5.93. The lowest BCUT2D eigenvalue weighted by atomic mass is 9.72. The van der Waals surface area contributed by atoms with E-state index in [0.717, 1.165) is 16.8 Å². The number of piperidine rings is 1. The SMILES string of the molecule is COC(=O)C1(c2ccccc2)CCN(C(=O)Cc2ccc(-n3cccn3)cc2)CC1. The topological polar surface area (TPSA) is 64.4 Å². The number of amides is 1. The van der Waals surface area contributed by atoms with Gasteiger partial charge in [0.2, 0.25) is 5.91 Å². The molecule has 1 aliphatic rings. The van der Waals surface area contributed by atoms with Gasteiger partial charge in [0, 0.05) is 25.5 Å². The number of esters is 1. The van der Waals surface area contributed by atoms with E-state index in [4.69, 9.17) is 4.74 Å². The number of carbonyl (C=O) groups is 2. The van der Waals surface area contributed by atoms with E-state index < -0.39 is 5.41 Å². The van der Waals surface area contributed by atoms with Crippen LogP contribution >= 0.6 is 0 Å². The van der Waals surface area contributed by atoms with E-state index in [-0.39, 0.29) is 11.9 Å². The van der Waals surface area contributed by atoms with Crippen LogP contribution in [-0.2, 0) is 26.2 Å². The second-order valence-electron chi connectivity index (χ2n) is 7.61. The van der Waals surface area contributed by atoms with Gasteiger partial charge in [0.25, 0.3) is 0 Å². The van der Waals surface area contributed by atoms with Crippen LogP contribution in [0.4, 0.5) is 0 Å². The molecule has 1 aromatic heterocycles. The maximum absolute atomic E-state index is 12.9. The van der Waals surface area contributed by atoms with Gasteiger partial charge in [-0.05, 0) is 42.2 Å². The molecule has 0 atom stereocenters. The van der Waals surface area contributed by atoms with Gasteiger partial charge in [-0.15, -0.1) is 0 Å². The molecule has 1 amide bonds. The molecular formula is C24H25N3O3. The lowest BCUT2D eigenvalue weighted by Crippen LogP contribution is -2.49. The summed E-state index contributed by atoms with van der Waals surface area (Å²) >= 11 is 0. The summed E-state index contributed by atoms with van der Waals surface area (Å²) in [5.74, 6) is -0.150. The van der Waals surface area contributed by atoms with Crippen molar-refractivity contribution < 1.29 is 14.3 Å². The Labute approximate surface area is 176 Å². The normalized spacial score (nSPS) is 15.6. The Morgan fingerprint density at radius 3 is 2.30 bits per heavy atom. The molecule has 0 unspecified atom stereocenters. The van der Waals surface area contributed by atoms with Gasteiger partial charge < -0.3 is 9.64 Å². The molecule has 0 aliphatic carbocycles. The minimum Gasteiger partial charge on any atom is -0.468 e. The van der Waals surface area contributed by atoms with Crippen molar-refractivity contribution in [3.05, 3.63) is 84.2 Å². The van der Waals surface area contributed by atoms with Gasteiger partial charge in [-0.1, -0.05) is 42.5 Å². The number of methoxy groups -OCH3 is 1. The number of hydrogen-bond donors (Lipinski definition) is 0. The van der Waals surface area contributed by atoms with E-state index in [0.29, 0.717) is 32.4 Å². The lowest BCUT2D eigenvalue weighted by Gasteiger charge is -2.40. The van der Waals surface area contributed by atoms with Gasteiger partial charge in [0.1, 0.15) is 0 Å². The van der Waals surface area contributed by atoms with Gasteiger partial charge in [0.15, 0.2) is 0 Å². The lowest BCUT2D eigenvalue weighted by molar-refractivity contribution is -0.151. The quantitative estimate of drug-likeness (QED) is 0.614. The minimum absolute atomic E-state index is 0.0772. The molecule has 1 saturated heterocycles. The monoisotopic (exact) mass is 403 g/mol. The third kappa shape index (κ3) is 3.85. The highest BCUT2D eigenvalue weighted by molar-refractivity contribution is 5.84. The molecule has 4 rings (SSSR count). The molecule has 2 heterocycles. The second-order valence-corrected chi connectivity index (χ2v) is 7.61. The molecule has 2 aromatic carbocycles. The van der Waals surface area contributed by atoms with Crippen LogP contribution in [0.3, 0.4) is 0 Å². The molecule has 0 bridgehead atoms. The highest BCUT2D eigenvalue weighted by Crippen LogP contribution is 2.37. The largest absolute Gasteiger partial charge is 0.468 e. The van der Waals surface area contributed by atoms with Crippen LogP contribution in [0.15, 0.2) is 73.1 Å². The van der Waals surface area contributed by atoms with Crippen molar-refractivity contribution in [3.8, 4) is 5.69 Å². The van der Waals surface area contributed by atoms with E-state index in [1.165, 1.54) is 7.11 Å². The Morgan fingerprint density at radius 1 is 1.00 bits per heavy atom. The van der Waals surface area contributed by atoms with Crippen molar-refractivity contribution in [1.82, 2.24) is 14.7 Å². The fraction of sp³-hybridized carbons (Fsp3) is 0.292.